The second kappa shape index (κ2) is 4.35. The summed E-state index contributed by atoms with van der Waals surface area (Å²) in [6.45, 7) is 4.02. The number of nitrogens with two attached hydrogens (primary N) is 1. The smallest absolute Gasteiger partial charge is 0.0810 e. The molecule has 3 nitrogen and oxygen atoms in total. The number of hydrogen-bond acceptors (Lipinski definition) is 3. The van der Waals surface area contributed by atoms with E-state index >= 15 is 0 Å². The lowest BCUT2D eigenvalue weighted by Crippen LogP contribution is -2.29. The second-order valence-corrected chi connectivity index (χ2v) is 5.51. The van der Waals surface area contributed by atoms with E-state index in [1.165, 1.54) is 0 Å². The van der Waals surface area contributed by atoms with Crippen LogP contribution in [0.3, 0.4) is 0 Å². The van der Waals surface area contributed by atoms with Crippen molar-refractivity contribution in [1.82, 2.24) is 0 Å². The van der Waals surface area contributed by atoms with Gasteiger partial charge in [0.05, 0.1) is 11.3 Å². The molecule has 1 atom stereocenters. The van der Waals surface area contributed by atoms with Gasteiger partial charge in [0.25, 0.3) is 0 Å². The second-order valence-electron chi connectivity index (χ2n) is 4.66. The predicted molar refractivity (Wildman–Crippen MR) is 69.5 cm³/mol. The molecule has 1 heterocycles. The van der Waals surface area contributed by atoms with Gasteiger partial charge in [-0.1, -0.05) is 6.07 Å². The van der Waals surface area contributed by atoms with Gasteiger partial charge in [0.2, 0.25) is 0 Å². The zero-order valence-electron chi connectivity index (χ0n) is 9.41. The lowest BCUT2D eigenvalue weighted by atomic mass is 10.1. The molecule has 0 saturated carbocycles. The van der Waals surface area contributed by atoms with Crippen molar-refractivity contribution in [2.24, 2.45) is 5.73 Å². The van der Waals surface area contributed by atoms with E-state index in [1.807, 2.05) is 19.1 Å². The number of anilines is 1. The van der Waals surface area contributed by atoms with E-state index in [0.29, 0.717) is 13.1 Å². The molecule has 1 aromatic rings. The Morgan fingerprint density at radius 1 is 1.56 bits per heavy atom. The molecule has 1 aromatic carbocycles. The molecule has 0 spiro atoms. The van der Waals surface area contributed by atoms with E-state index in [2.05, 4.69) is 26.9 Å². The number of hydrogen-bond donors (Lipinski definition) is 2. The van der Waals surface area contributed by atoms with Crippen molar-refractivity contribution in [2.45, 2.75) is 25.5 Å². The normalized spacial score (nSPS) is 25.1. The fourth-order valence-corrected chi connectivity index (χ4v) is 2.76. The maximum atomic E-state index is 9.94. The topological polar surface area (TPSA) is 49.5 Å². The molecule has 0 radical (unpaired) electrons. The lowest BCUT2D eigenvalue weighted by molar-refractivity contribution is 0.0839. The van der Waals surface area contributed by atoms with Crippen LogP contribution in [0.4, 0.5) is 5.69 Å². The summed E-state index contributed by atoms with van der Waals surface area (Å²) in [5, 5.41) is 9.94. The highest BCUT2D eigenvalue weighted by atomic mass is 79.9. The molecule has 4 heteroatoms. The zero-order chi connectivity index (χ0) is 11.8. The fourth-order valence-electron chi connectivity index (χ4n) is 2.08. The Kier molecular flexibility index (Phi) is 3.24. The average molecular weight is 285 g/mol. The molecular formula is C12H17BrN2O. The van der Waals surface area contributed by atoms with Crippen LogP contribution in [0.2, 0.25) is 0 Å². The Labute approximate surface area is 104 Å². The predicted octanol–water partition coefficient (Wildman–Crippen LogP) is 1.87. The number of benzene rings is 1. The maximum Gasteiger partial charge on any atom is 0.0810 e. The summed E-state index contributed by atoms with van der Waals surface area (Å²) >= 11 is 3.56. The molecular weight excluding hydrogens is 268 g/mol. The van der Waals surface area contributed by atoms with Crippen molar-refractivity contribution in [3.63, 3.8) is 0 Å². The van der Waals surface area contributed by atoms with Gasteiger partial charge in [-0.25, -0.2) is 0 Å². The fraction of sp³-hybridized carbons (Fsp3) is 0.500. The van der Waals surface area contributed by atoms with Gasteiger partial charge >= 0.3 is 0 Å². The highest BCUT2D eigenvalue weighted by Gasteiger charge is 2.31. The first-order valence-corrected chi connectivity index (χ1v) is 6.27. The third kappa shape index (κ3) is 2.39. The van der Waals surface area contributed by atoms with Crippen molar-refractivity contribution >= 4 is 21.6 Å². The molecule has 2 rings (SSSR count). The first-order chi connectivity index (χ1) is 7.52. The van der Waals surface area contributed by atoms with Crippen molar-refractivity contribution in [1.29, 1.82) is 0 Å². The molecule has 16 heavy (non-hydrogen) atoms. The van der Waals surface area contributed by atoms with Crippen LogP contribution in [0, 0.1) is 0 Å². The third-order valence-corrected chi connectivity index (χ3v) is 3.68. The van der Waals surface area contributed by atoms with Crippen molar-refractivity contribution in [3.05, 3.63) is 28.2 Å². The number of β-amino-alcohol motifs (C(OH)–C–C–N with tert-alkyl or cyclic N) is 1. The Balaban J connectivity index is 2.22. The van der Waals surface area contributed by atoms with E-state index in [4.69, 9.17) is 5.73 Å². The molecule has 1 unspecified atom stereocenters. The monoisotopic (exact) mass is 284 g/mol. The molecule has 1 aliphatic rings. The Morgan fingerprint density at radius 3 is 2.81 bits per heavy atom. The van der Waals surface area contributed by atoms with Crippen molar-refractivity contribution in [3.8, 4) is 0 Å². The van der Waals surface area contributed by atoms with E-state index in [9.17, 15) is 5.11 Å². The SMILES string of the molecule is CC1(O)CCN(c2ccc(CN)cc2Br)C1. The van der Waals surface area contributed by atoms with E-state index < -0.39 is 5.60 Å². The Hall–Kier alpha value is -0.580. The molecule has 1 fully saturated rings. The highest BCUT2D eigenvalue weighted by Crippen LogP contribution is 2.32. The van der Waals surface area contributed by atoms with Gasteiger partial charge in [-0.15, -0.1) is 0 Å². The van der Waals surface area contributed by atoms with E-state index in [0.717, 1.165) is 28.7 Å². The molecule has 3 N–H and O–H groups in total. The minimum atomic E-state index is -0.564. The number of halogens is 1. The summed E-state index contributed by atoms with van der Waals surface area (Å²) in [4.78, 5) is 2.20. The first kappa shape index (κ1) is 11.9. The molecule has 1 saturated heterocycles. The summed E-state index contributed by atoms with van der Waals surface area (Å²) in [6, 6.07) is 6.14. The Morgan fingerprint density at radius 2 is 2.31 bits per heavy atom. The summed E-state index contributed by atoms with van der Waals surface area (Å²) < 4.78 is 1.05. The quantitative estimate of drug-likeness (QED) is 0.872. The third-order valence-electron chi connectivity index (χ3n) is 3.04. The minimum Gasteiger partial charge on any atom is -0.388 e. The van der Waals surface area contributed by atoms with Crippen molar-refractivity contribution in [2.75, 3.05) is 18.0 Å². The van der Waals surface area contributed by atoms with Crippen LogP contribution in [0.1, 0.15) is 18.9 Å². The summed E-state index contributed by atoms with van der Waals surface area (Å²) in [5.74, 6) is 0. The van der Waals surface area contributed by atoms with Crippen LogP contribution < -0.4 is 10.6 Å². The number of rotatable bonds is 2. The number of nitrogens with zero attached hydrogens (tertiary/aromatic N) is 1. The first-order valence-electron chi connectivity index (χ1n) is 5.48. The van der Waals surface area contributed by atoms with Crippen molar-refractivity contribution < 1.29 is 5.11 Å². The molecule has 88 valence electrons. The van der Waals surface area contributed by atoms with Crippen LogP contribution in [0.15, 0.2) is 22.7 Å². The van der Waals surface area contributed by atoms with Gasteiger partial charge in [0.1, 0.15) is 0 Å². The van der Waals surface area contributed by atoms with Gasteiger partial charge < -0.3 is 15.7 Å². The van der Waals surface area contributed by atoms with Crippen LogP contribution in [-0.4, -0.2) is 23.8 Å². The summed E-state index contributed by atoms with van der Waals surface area (Å²) in [5.41, 5.74) is 7.27. The maximum absolute atomic E-state index is 9.94. The van der Waals surface area contributed by atoms with Gasteiger partial charge in [0.15, 0.2) is 0 Å². The number of aliphatic hydroxyl groups is 1. The standard InChI is InChI=1S/C12H17BrN2O/c1-12(16)4-5-15(8-12)11-3-2-9(7-14)6-10(11)13/h2-3,6,16H,4-5,7-8,14H2,1H3. The summed E-state index contributed by atoms with van der Waals surface area (Å²) in [6.07, 6.45) is 0.818. The lowest BCUT2D eigenvalue weighted by Gasteiger charge is -2.22. The molecule has 0 bridgehead atoms. The van der Waals surface area contributed by atoms with Gasteiger partial charge in [0, 0.05) is 24.1 Å². The molecule has 0 aromatic heterocycles. The molecule has 0 aliphatic carbocycles. The van der Waals surface area contributed by atoms with Crippen LogP contribution >= 0.6 is 15.9 Å². The minimum absolute atomic E-state index is 0.552. The zero-order valence-corrected chi connectivity index (χ0v) is 11.0. The van der Waals surface area contributed by atoms with Crippen LogP contribution in [-0.2, 0) is 6.54 Å². The molecule has 1 aliphatic heterocycles. The van der Waals surface area contributed by atoms with Gasteiger partial charge in [-0.2, -0.15) is 0 Å². The Bertz CT molecular complexity index is 393. The van der Waals surface area contributed by atoms with Gasteiger partial charge in [-0.05, 0) is 47.0 Å². The van der Waals surface area contributed by atoms with Gasteiger partial charge in [-0.3, -0.25) is 0 Å². The highest BCUT2D eigenvalue weighted by molar-refractivity contribution is 9.10. The molecule has 0 amide bonds. The van der Waals surface area contributed by atoms with Crippen LogP contribution in [0.25, 0.3) is 0 Å². The largest absolute Gasteiger partial charge is 0.388 e. The van der Waals surface area contributed by atoms with E-state index in [-0.39, 0.29) is 0 Å². The van der Waals surface area contributed by atoms with E-state index in [1.54, 1.807) is 0 Å². The average Bonchev–Trinajstić information content (AvgIpc) is 2.58. The summed E-state index contributed by atoms with van der Waals surface area (Å²) in [7, 11) is 0. The van der Waals surface area contributed by atoms with Crippen LogP contribution in [0.5, 0.6) is 0 Å².